The van der Waals surface area contributed by atoms with E-state index in [9.17, 15) is 9.90 Å². The molecule has 4 bridgehead atoms. The van der Waals surface area contributed by atoms with E-state index >= 15 is 0 Å². The van der Waals surface area contributed by atoms with Crippen molar-refractivity contribution in [3.63, 3.8) is 0 Å². The van der Waals surface area contributed by atoms with Crippen LogP contribution in [0.4, 0.5) is 0 Å². The first kappa shape index (κ1) is 14.1. The standard InChI is InChI=1S/C18H20N4O2/c23-16(24)17-7-12-6-13(8-17)10-18(9-12,11-17)22-20-15(19-21-22)14-4-2-1-3-5-14/h1-5,12-13H,6-11H2,(H,23,24)/t12-,13-,17?,18?/m1/s1. The van der Waals surface area contributed by atoms with Crippen molar-refractivity contribution in [2.75, 3.05) is 0 Å². The van der Waals surface area contributed by atoms with E-state index in [1.807, 2.05) is 30.3 Å². The molecule has 24 heavy (non-hydrogen) atoms. The number of carboxylic acid groups (broad SMARTS) is 1. The molecule has 1 aromatic heterocycles. The molecule has 1 aromatic carbocycles. The van der Waals surface area contributed by atoms with Crippen LogP contribution in [0.15, 0.2) is 30.3 Å². The van der Waals surface area contributed by atoms with Gasteiger partial charge in [-0.3, -0.25) is 4.79 Å². The molecular weight excluding hydrogens is 304 g/mol. The summed E-state index contributed by atoms with van der Waals surface area (Å²) in [5.74, 6) is 0.946. The van der Waals surface area contributed by atoms with Gasteiger partial charge in [0.25, 0.3) is 0 Å². The summed E-state index contributed by atoms with van der Waals surface area (Å²) in [6, 6.07) is 9.82. The van der Waals surface area contributed by atoms with Crippen LogP contribution in [-0.2, 0) is 10.3 Å². The number of carboxylic acids is 1. The van der Waals surface area contributed by atoms with E-state index in [2.05, 4.69) is 15.4 Å². The first-order valence-electron chi connectivity index (χ1n) is 8.68. The third kappa shape index (κ3) is 1.88. The lowest BCUT2D eigenvalue weighted by molar-refractivity contribution is -0.174. The van der Waals surface area contributed by atoms with Gasteiger partial charge in [0, 0.05) is 5.56 Å². The predicted molar refractivity (Wildman–Crippen MR) is 86.0 cm³/mol. The molecule has 0 unspecified atom stereocenters. The second-order valence-electron chi connectivity index (χ2n) is 8.04. The van der Waals surface area contributed by atoms with Crippen LogP contribution in [-0.4, -0.2) is 31.3 Å². The number of tetrazole rings is 1. The molecule has 0 radical (unpaired) electrons. The largest absolute Gasteiger partial charge is 0.481 e. The fourth-order valence-electron chi connectivity index (χ4n) is 5.82. The van der Waals surface area contributed by atoms with E-state index in [1.165, 1.54) is 0 Å². The normalized spacial score (nSPS) is 36.8. The van der Waals surface area contributed by atoms with Crippen LogP contribution < -0.4 is 0 Å². The Morgan fingerprint density at radius 1 is 1.12 bits per heavy atom. The Balaban J connectivity index is 1.55. The van der Waals surface area contributed by atoms with Crippen molar-refractivity contribution in [2.45, 2.75) is 44.1 Å². The van der Waals surface area contributed by atoms with Gasteiger partial charge in [-0.1, -0.05) is 30.3 Å². The molecular formula is C18H20N4O2. The minimum absolute atomic E-state index is 0.261. The van der Waals surface area contributed by atoms with Gasteiger partial charge in [-0.05, 0) is 55.6 Å². The number of rotatable bonds is 3. The highest BCUT2D eigenvalue weighted by Crippen LogP contribution is 2.63. The molecule has 6 heteroatoms. The highest BCUT2D eigenvalue weighted by Gasteiger charge is 2.62. The van der Waals surface area contributed by atoms with Crippen molar-refractivity contribution in [2.24, 2.45) is 17.3 Å². The zero-order valence-electron chi connectivity index (χ0n) is 13.4. The van der Waals surface area contributed by atoms with Gasteiger partial charge in [-0.25, -0.2) is 0 Å². The molecule has 0 saturated heterocycles. The monoisotopic (exact) mass is 324 g/mol. The summed E-state index contributed by atoms with van der Waals surface area (Å²) < 4.78 is 0. The molecule has 2 atom stereocenters. The first-order valence-corrected chi connectivity index (χ1v) is 8.68. The lowest BCUT2D eigenvalue weighted by atomic mass is 9.47. The average Bonchev–Trinajstić information content (AvgIpc) is 3.05. The van der Waals surface area contributed by atoms with E-state index in [0.29, 0.717) is 24.1 Å². The molecule has 4 aliphatic carbocycles. The summed E-state index contributed by atoms with van der Waals surface area (Å²) in [4.78, 5) is 13.7. The van der Waals surface area contributed by atoms with Crippen molar-refractivity contribution in [3.05, 3.63) is 30.3 Å². The van der Waals surface area contributed by atoms with Crippen LogP contribution in [0.2, 0.25) is 0 Å². The molecule has 4 saturated carbocycles. The van der Waals surface area contributed by atoms with Crippen LogP contribution in [0, 0.1) is 17.3 Å². The smallest absolute Gasteiger partial charge is 0.309 e. The Labute approximate surface area is 139 Å². The molecule has 0 amide bonds. The van der Waals surface area contributed by atoms with E-state index in [1.54, 1.807) is 4.80 Å². The van der Waals surface area contributed by atoms with Crippen molar-refractivity contribution in [1.29, 1.82) is 0 Å². The number of benzene rings is 1. The number of nitrogens with zero attached hydrogens (tertiary/aromatic N) is 4. The van der Waals surface area contributed by atoms with Crippen LogP contribution >= 0.6 is 0 Å². The van der Waals surface area contributed by atoms with E-state index < -0.39 is 11.4 Å². The summed E-state index contributed by atoms with van der Waals surface area (Å²) in [5, 5.41) is 23.1. The highest BCUT2D eigenvalue weighted by molar-refractivity contribution is 5.75. The molecule has 2 aromatic rings. The molecule has 6 rings (SSSR count). The maximum atomic E-state index is 12.0. The van der Waals surface area contributed by atoms with Gasteiger partial charge in [0.05, 0.1) is 11.0 Å². The van der Waals surface area contributed by atoms with Crippen LogP contribution in [0.1, 0.15) is 38.5 Å². The zero-order chi connectivity index (χ0) is 16.4. The molecule has 4 fully saturated rings. The number of hydrogen-bond donors (Lipinski definition) is 1. The molecule has 1 N–H and O–H groups in total. The van der Waals surface area contributed by atoms with Crippen molar-refractivity contribution in [1.82, 2.24) is 20.2 Å². The third-order valence-corrected chi connectivity index (χ3v) is 6.35. The Morgan fingerprint density at radius 3 is 2.50 bits per heavy atom. The van der Waals surface area contributed by atoms with Crippen LogP contribution in [0.3, 0.4) is 0 Å². The number of carbonyl (C=O) groups is 1. The van der Waals surface area contributed by atoms with Gasteiger partial charge in [-0.2, -0.15) is 4.80 Å². The maximum Gasteiger partial charge on any atom is 0.309 e. The second-order valence-corrected chi connectivity index (χ2v) is 8.04. The van der Waals surface area contributed by atoms with E-state index in [0.717, 1.165) is 37.7 Å². The molecule has 0 aliphatic heterocycles. The molecule has 4 aliphatic rings. The van der Waals surface area contributed by atoms with Gasteiger partial charge in [-0.15, -0.1) is 10.2 Å². The minimum atomic E-state index is -0.635. The number of aromatic nitrogens is 4. The van der Waals surface area contributed by atoms with Gasteiger partial charge in [0.2, 0.25) is 5.82 Å². The van der Waals surface area contributed by atoms with Gasteiger partial charge < -0.3 is 5.11 Å². The second kappa shape index (κ2) is 4.65. The summed E-state index contributed by atoms with van der Waals surface area (Å²) in [6.07, 6.45) is 5.43. The average molecular weight is 324 g/mol. The lowest BCUT2D eigenvalue weighted by Crippen LogP contribution is -2.59. The zero-order valence-corrected chi connectivity index (χ0v) is 13.4. The highest BCUT2D eigenvalue weighted by atomic mass is 16.4. The van der Waals surface area contributed by atoms with Crippen molar-refractivity contribution >= 4 is 5.97 Å². The van der Waals surface area contributed by atoms with Crippen LogP contribution in [0.5, 0.6) is 0 Å². The Kier molecular flexibility index (Phi) is 2.74. The molecule has 6 nitrogen and oxygen atoms in total. The predicted octanol–water partition coefficient (Wildman–Crippen LogP) is 2.72. The first-order chi connectivity index (χ1) is 11.6. The third-order valence-electron chi connectivity index (χ3n) is 6.35. The minimum Gasteiger partial charge on any atom is -0.481 e. The quantitative estimate of drug-likeness (QED) is 0.939. The summed E-state index contributed by atoms with van der Waals surface area (Å²) in [5.41, 5.74) is 0.106. The van der Waals surface area contributed by atoms with Gasteiger partial charge in [0.15, 0.2) is 0 Å². The van der Waals surface area contributed by atoms with Gasteiger partial charge >= 0.3 is 5.97 Å². The summed E-state index contributed by atoms with van der Waals surface area (Å²) in [6.45, 7) is 0. The Bertz CT molecular complexity index is 786. The summed E-state index contributed by atoms with van der Waals surface area (Å²) >= 11 is 0. The Hall–Kier alpha value is -2.24. The maximum absolute atomic E-state index is 12.0. The number of aliphatic carboxylic acids is 1. The van der Waals surface area contributed by atoms with Gasteiger partial charge in [0.1, 0.15) is 0 Å². The molecule has 124 valence electrons. The lowest BCUT2D eigenvalue weighted by Gasteiger charge is -2.59. The van der Waals surface area contributed by atoms with Crippen molar-refractivity contribution in [3.8, 4) is 11.4 Å². The topological polar surface area (TPSA) is 80.9 Å². The fraction of sp³-hybridized carbons (Fsp3) is 0.556. The fourth-order valence-corrected chi connectivity index (χ4v) is 5.82. The molecule has 0 spiro atoms. The van der Waals surface area contributed by atoms with E-state index in [4.69, 9.17) is 0 Å². The summed E-state index contributed by atoms with van der Waals surface area (Å²) in [7, 11) is 0. The number of hydrogen-bond acceptors (Lipinski definition) is 4. The van der Waals surface area contributed by atoms with Crippen molar-refractivity contribution < 1.29 is 9.90 Å². The Morgan fingerprint density at radius 2 is 1.83 bits per heavy atom. The van der Waals surface area contributed by atoms with E-state index in [-0.39, 0.29) is 5.54 Å². The SMILES string of the molecule is O=C(O)C12C[C@H]3C[C@H](C1)CC(n1nnc(-c4ccccc4)n1)(C3)C2. The molecule has 1 heterocycles. The van der Waals surface area contributed by atoms with Crippen LogP contribution in [0.25, 0.3) is 11.4 Å².